The fourth-order valence-corrected chi connectivity index (χ4v) is 3.19. The van der Waals surface area contributed by atoms with Gasteiger partial charge in [-0.3, -0.25) is 4.79 Å². The van der Waals surface area contributed by atoms with E-state index in [4.69, 9.17) is 5.11 Å². The van der Waals surface area contributed by atoms with Crippen molar-refractivity contribution >= 4 is 12.0 Å². The summed E-state index contributed by atoms with van der Waals surface area (Å²) in [4.78, 5) is 29.3. The molecule has 2 aliphatic rings. The van der Waals surface area contributed by atoms with Gasteiger partial charge in [0.25, 0.3) is 0 Å². The molecule has 2 rings (SSSR count). The van der Waals surface area contributed by atoms with Gasteiger partial charge in [-0.2, -0.15) is 0 Å². The van der Waals surface area contributed by atoms with Crippen LogP contribution in [0.1, 0.15) is 25.7 Å². The van der Waals surface area contributed by atoms with Crippen LogP contribution in [0.2, 0.25) is 0 Å². The van der Waals surface area contributed by atoms with Crippen LogP contribution < -0.4 is 0 Å². The van der Waals surface area contributed by atoms with Crippen LogP contribution in [-0.2, 0) is 4.79 Å². The van der Waals surface area contributed by atoms with E-state index >= 15 is 0 Å². The lowest BCUT2D eigenvalue weighted by atomic mass is 9.98. The summed E-state index contributed by atoms with van der Waals surface area (Å²) >= 11 is 0. The lowest BCUT2D eigenvalue weighted by Gasteiger charge is -2.40. The Morgan fingerprint density at radius 2 is 1.85 bits per heavy atom. The highest BCUT2D eigenvalue weighted by molar-refractivity contribution is 5.76. The number of nitrogens with zero attached hydrogens (tertiary/aromatic N) is 3. The maximum Gasteiger partial charge on any atom is 0.320 e. The van der Waals surface area contributed by atoms with Gasteiger partial charge in [-0.15, -0.1) is 0 Å². The van der Waals surface area contributed by atoms with E-state index < -0.39 is 11.9 Å². The number of amides is 2. The van der Waals surface area contributed by atoms with Crippen molar-refractivity contribution in [3.05, 3.63) is 0 Å². The first-order valence-electron chi connectivity index (χ1n) is 7.42. The molecule has 2 saturated heterocycles. The van der Waals surface area contributed by atoms with Crippen molar-refractivity contribution in [1.82, 2.24) is 14.7 Å². The van der Waals surface area contributed by atoms with Crippen molar-refractivity contribution in [3.8, 4) is 0 Å². The van der Waals surface area contributed by atoms with Gasteiger partial charge in [-0.1, -0.05) is 0 Å². The maximum atomic E-state index is 12.5. The zero-order valence-electron chi connectivity index (χ0n) is 12.4. The maximum absolute atomic E-state index is 12.5. The van der Waals surface area contributed by atoms with Crippen molar-refractivity contribution in [2.24, 2.45) is 5.92 Å². The quantitative estimate of drug-likeness (QED) is 0.819. The number of likely N-dealkylation sites (N-methyl/N-ethyl adjacent to an activating group) is 2. The van der Waals surface area contributed by atoms with Crippen LogP contribution in [0.3, 0.4) is 0 Å². The zero-order chi connectivity index (χ0) is 14.7. The minimum absolute atomic E-state index is 0.0174. The molecule has 0 aliphatic carbocycles. The molecule has 0 radical (unpaired) electrons. The highest BCUT2D eigenvalue weighted by Gasteiger charge is 2.32. The predicted octanol–water partition coefficient (Wildman–Crippen LogP) is 0.929. The number of hydrogen-bond acceptors (Lipinski definition) is 3. The summed E-state index contributed by atoms with van der Waals surface area (Å²) in [5, 5.41) is 9.10. The average Bonchev–Trinajstić information content (AvgIpc) is 2.45. The van der Waals surface area contributed by atoms with Gasteiger partial charge in [-0.25, -0.2) is 4.79 Å². The Bertz CT molecular complexity index is 375. The highest BCUT2D eigenvalue weighted by atomic mass is 16.4. The molecule has 2 fully saturated rings. The molecule has 1 unspecified atom stereocenters. The van der Waals surface area contributed by atoms with Gasteiger partial charge in [0.1, 0.15) is 0 Å². The van der Waals surface area contributed by atoms with Crippen molar-refractivity contribution in [3.63, 3.8) is 0 Å². The zero-order valence-corrected chi connectivity index (χ0v) is 12.4. The number of likely N-dealkylation sites (tertiary alicyclic amines) is 2. The van der Waals surface area contributed by atoms with E-state index in [0.29, 0.717) is 19.5 Å². The molecule has 2 heterocycles. The molecule has 0 spiro atoms. The largest absolute Gasteiger partial charge is 0.481 e. The standard InChI is InChI=1S/C14H25N3O3/c1-15-7-4-6-12(10-15)16(2)14(20)17-8-3-5-11(9-17)13(18)19/h11-12H,3-10H2,1-2H3,(H,18,19)/t11-,12?/m0/s1. The minimum atomic E-state index is -0.789. The lowest BCUT2D eigenvalue weighted by Crippen LogP contribution is -2.53. The van der Waals surface area contributed by atoms with Crippen LogP contribution in [0.25, 0.3) is 0 Å². The summed E-state index contributed by atoms with van der Waals surface area (Å²) in [5.74, 6) is -1.20. The SMILES string of the molecule is CN1CCCC(N(C)C(=O)N2CCC[C@H](C(=O)O)C2)C1. The molecular formula is C14H25N3O3. The number of aliphatic carboxylic acids is 1. The molecule has 0 saturated carbocycles. The number of carbonyl (C=O) groups excluding carboxylic acids is 1. The fraction of sp³-hybridized carbons (Fsp3) is 0.857. The Kier molecular flexibility index (Phi) is 4.86. The molecule has 114 valence electrons. The molecule has 0 aromatic carbocycles. The van der Waals surface area contributed by atoms with Gasteiger partial charge in [-0.05, 0) is 39.3 Å². The third-order valence-corrected chi connectivity index (χ3v) is 4.49. The van der Waals surface area contributed by atoms with Crippen LogP contribution in [0.5, 0.6) is 0 Å². The summed E-state index contributed by atoms with van der Waals surface area (Å²) in [6, 6.07) is 0.225. The molecule has 6 heteroatoms. The van der Waals surface area contributed by atoms with Crippen LogP contribution in [0.15, 0.2) is 0 Å². The van der Waals surface area contributed by atoms with Gasteiger partial charge in [0.05, 0.1) is 5.92 Å². The average molecular weight is 283 g/mol. The van der Waals surface area contributed by atoms with E-state index in [1.165, 1.54) is 0 Å². The minimum Gasteiger partial charge on any atom is -0.481 e. The number of carboxylic acid groups (broad SMARTS) is 1. The van der Waals surface area contributed by atoms with E-state index in [0.717, 1.165) is 32.4 Å². The fourth-order valence-electron chi connectivity index (χ4n) is 3.19. The summed E-state index contributed by atoms with van der Waals surface area (Å²) in [7, 11) is 3.92. The Balaban J connectivity index is 1.93. The molecule has 20 heavy (non-hydrogen) atoms. The number of hydrogen-bond donors (Lipinski definition) is 1. The van der Waals surface area contributed by atoms with Gasteiger partial charge >= 0.3 is 12.0 Å². The second kappa shape index (κ2) is 6.43. The van der Waals surface area contributed by atoms with Crippen molar-refractivity contribution in [2.45, 2.75) is 31.7 Å². The molecule has 0 aromatic heterocycles. The second-order valence-electron chi connectivity index (χ2n) is 6.08. The highest BCUT2D eigenvalue weighted by Crippen LogP contribution is 2.20. The van der Waals surface area contributed by atoms with E-state index in [2.05, 4.69) is 11.9 Å². The number of carboxylic acids is 1. The Hall–Kier alpha value is -1.30. The lowest BCUT2D eigenvalue weighted by molar-refractivity contribution is -0.143. The van der Waals surface area contributed by atoms with Crippen molar-refractivity contribution in [2.75, 3.05) is 40.3 Å². The summed E-state index contributed by atoms with van der Waals surface area (Å²) in [5.41, 5.74) is 0. The smallest absolute Gasteiger partial charge is 0.320 e. The van der Waals surface area contributed by atoms with Crippen molar-refractivity contribution in [1.29, 1.82) is 0 Å². The van der Waals surface area contributed by atoms with Gasteiger partial charge in [0.2, 0.25) is 0 Å². The van der Waals surface area contributed by atoms with Crippen LogP contribution >= 0.6 is 0 Å². The third kappa shape index (κ3) is 3.42. The first-order chi connectivity index (χ1) is 9.49. The molecule has 0 aromatic rings. The molecule has 6 nitrogen and oxygen atoms in total. The van der Waals surface area contributed by atoms with Gasteiger partial charge in [0.15, 0.2) is 0 Å². The van der Waals surface area contributed by atoms with E-state index in [-0.39, 0.29) is 12.1 Å². The first-order valence-corrected chi connectivity index (χ1v) is 7.42. The molecule has 2 amide bonds. The normalized spacial score (nSPS) is 28.2. The molecule has 0 bridgehead atoms. The molecule has 2 atom stereocenters. The number of piperidine rings is 2. The Labute approximate surface area is 120 Å². The topological polar surface area (TPSA) is 64.1 Å². The number of rotatable bonds is 2. The van der Waals surface area contributed by atoms with Crippen molar-refractivity contribution < 1.29 is 14.7 Å². The van der Waals surface area contributed by atoms with Crippen LogP contribution in [0, 0.1) is 5.92 Å². The van der Waals surface area contributed by atoms with E-state index in [1.54, 1.807) is 9.80 Å². The first kappa shape index (κ1) is 15.1. The molecule has 1 N–H and O–H groups in total. The van der Waals surface area contributed by atoms with Gasteiger partial charge < -0.3 is 19.8 Å². The summed E-state index contributed by atoms with van der Waals surface area (Å²) in [6.45, 7) is 3.01. The Morgan fingerprint density at radius 1 is 1.15 bits per heavy atom. The number of urea groups is 1. The predicted molar refractivity (Wildman–Crippen MR) is 75.6 cm³/mol. The van der Waals surface area contributed by atoms with E-state index in [1.807, 2.05) is 7.05 Å². The third-order valence-electron chi connectivity index (χ3n) is 4.49. The number of carbonyl (C=O) groups is 2. The van der Waals surface area contributed by atoms with Gasteiger partial charge in [0, 0.05) is 32.7 Å². The monoisotopic (exact) mass is 283 g/mol. The second-order valence-corrected chi connectivity index (χ2v) is 6.08. The van der Waals surface area contributed by atoms with E-state index in [9.17, 15) is 9.59 Å². The summed E-state index contributed by atoms with van der Waals surface area (Å²) in [6.07, 6.45) is 3.59. The van der Waals surface area contributed by atoms with Crippen LogP contribution in [0.4, 0.5) is 4.79 Å². The molecular weight excluding hydrogens is 258 g/mol. The van der Waals surface area contributed by atoms with Crippen LogP contribution in [-0.4, -0.2) is 78.1 Å². The Morgan fingerprint density at radius 3 is 2.50 bits per heavy atom. The molecule has 2 aliphatic heterocycles. The summed E-state index contributed by atoms with van der Waals surface area (Å²) < 4.78 is 0.